The van der Waals surface area contributed by atoms with Crippen LogP contribution in [0.5, 0.6) is 0 Å². The molecule has 2 aliphatic carbocycles. The van der Waals surface area contributed by atoms with Gasteiger partial charge in [-0.2, -0.15) is 0 Å². The van der Waals surface area contributed by atoms with Crippen molar-refractivity contribution in [2.24, 2.45) is 5.92 Å². The van der Waals surface area contributed by atoms with Crippen molar-refractivity contribution in [2.75, 3.05) is 6.54 Å². The van der Waals surface area contributed by atoms with Crippen LogP contribution in [0.1, 0.15) is 57.4 Å². The predicted molar refractivity (Wildman–Crippen MR) is 81.4 cm³/mol. The molecule has 0 heterocycles. The maximum absolute atomic E-state index is 3.91. The van der Waals surface area contributed by atoms with Crippen LogP contribution in [-0.2, 0) is 5.41 Å². The third-order valence-electron chi connectivity index (χ3n) is 5.43. The van der Waals surface area contributed by atoms with Crippen LogP contribution in [-0.4, -0.2) is 12.6 Å². The standard InChI is InChI=1S/C18H27N/c1-2-14-19-17(15-8-6-9-15)18(12-7-13-18)16-10-4-3-5-11-16/h3-5,10-11,15,17,19H,2,6-9,12-14H2,1H3. The zero-order chi connectivity index (χ0) is 13.1. The van der Waals surface area contributed by atoms with Crippen LogP contribution >= 0.6 is 0 Å². The summed E-state index contributed by atoms with van der Waals surface area (Å²) in [5.74, 6) is 0.923. The first kappa shape index (κ1) is 13.2. The van der Waals surface area contributed by atoms with Gasteiger partial charge in [-0.3, -0.25) is 0 Å². The van der Waals surface area contributed by atoms with E-state index in [1.54, 1.807) is 5.56 Å². The second-order valence-corrected chi connectivity index (χ2v) is 6.50. The van der Waals surface area contributed by atoms with Crippen molar-refractivity contribution in [1.82, 2.24) is 5.32 Å². The highest BCUT2D eigenvalue weighted by atomic mass is 14.9. The summed E-state index contributed by atoms with van der Waals surface area (Å²) in [4.78, 5) is 0. The molecule has 1 aromatic rings. The average molecular weight is 257 g/mol. The van der Waals surface area contributed by atoms with E-state index in [1.807, 2.05) is 0 Å². The molecule has 1 N–H and O–H groups in total. The molecule has 2 aliphatic rings. The van der Waals surface area contributed by atoms with Gasteiger partial charge in [0.1, 0.15) is 0 Å². The smallest absolute Gasteiger partial charge is 0.0192 e. The molecule has 1 aromatic carbocycles. The van der Waals surface area contributed by atoms with Crippen LogP contribution < -0.4 is 5.32 Å². The zero-order valence-corrected chi connectivity index (χ0v) is 12.2. The molecule has 2 saturated carbocycles. The molecule has 1 unspecified atom stereocenters. The minimum absolute atomic E-state index is 0.446. The van der Waals surface area contributed by atoms with Crippen LogP contribution in [0.15, 0.2) is 30.3 Å². The molecule has 104 valence electrons. The van der Waals surface area contributed by atoms with Crippen LogP contribution in [0.4, 0.5) is 0 Å². The molecular formula is C18H27N. The topological polar surface area (TPSA) is 12.0 Å². The molecule has 0 spiro atoms. The Hall–Kier alpha value is -0.820. The molecular weight excluding hydrogens is 230 g/mol. The monoisotopic (exact) mass is 257 g/mol. The van der Waals surface area contributed by atoms with Crippen molar-refractivity contribution in [2.45, 2.75) is 63.3 Å². The number of nitrogens with one attached hydrogen (secondary N) is 1. The molecule has 0 amide bonds. The van der Waals surface area contributed by atoms with E-state index < -0.39 is 0 Å². The minimum Gasteiger partial charge on any atom is -0.313 e. The summed E-state index contributed by atoms with van der Waals surface area (Å²) in [5, 5.41) is 3.91. The number of hydrogen-bond donors (Lipinski definition) is 1. The second kappa shape index (κ2) is 5.66. The molecule has 1 nitrogen and oxygen atoms in total. The molecule has 0 aliphatic heterocycles. The van der Waals surface area contributed by atoms with Gasteiger partial charge in [-0.05, 0) is 50.1 Å². The van der Waals surface area contributed by atoms with Crippen molar-refractivity contribution >= 4 is 0 Å². The van der Waals surface area contributed by atoms with Crippen molar-refractivity contribution < 1.29 is 0 Å². The van der Waals surface area contributed by atoms with E-state index in [-0.39, 0.29) is 0 Å². The summed E-state index contributed by atoms with van der Waals surface area (Å²) in [6.45, 7) is 3.45. The zero-order valence-electron chi connectivity index (χ0n) is 12.2. The first-order chi connectivity index (χ1) is 9.37. The summed E-state index contributed by atoms with van der Waals surface area (Å²) < 4.78 is 0. The Morgan fingerprint density at radius 2 is 1.89 bits per heavy atom. The van der Waals surface area contributed by atoms with E-state index in [9.17, 15) is 0 Å². The van der Waals surface area contributed by atoms with E-state index in [1.165, 1.54) is 51.5 Å². The van der Waals surface area contributed by atoms with Gasteiger partial charge in [0.05, 0.1) is 0 Å². The van der Waals surface area contributed by atoms with Gasteiger partial charge in [-0.1, -0.05) is 50.1 Å². The van der Waals surface area contributed by atoms with Gasteiger partial charge in [-0.25, -0.2) is 0 Å². The van der Waals surface area contributed by atoms with Crippen LogP contribution in [0.3, 0.4) is 0 Å². The fraction of sp³-hybridized carbons (Fsp3) is 0.667. The fourth-order valence-electron chi connectivity index (χ4n) is 3.99. The van der Waals surface area contributed by atoms with Crippen LogP contribution in [0.25, 0.3) is 0 Å². The average Bonchev–Trinajstić information content (AvgIpc) is 2.33. The molecule has 1 heteroatoms. The maximum atomic E-state index is 3.91. The molecule has 0 aromatic heterocycles. The van der Waals surface area contributed by atoms with Crippen LogP contribution in [0.2, 0.25) is 0 Å². The van der Waals surface area contributed by atoms with Crippen molar-refractivity contribution in [3.05, 3.63) is 35.9 Å². The number of hydrogen-bond acceptors (Lipinski definition) is 1. The van der Waals surface area contributed by atoms with Crippen molar-refractivity contribution in [3.8, 4) is 0 Å². The summed E-state index contributed by atoms with van der Waals surface area (Å²) >= 11 is 0. The lowest BCUT2D eigenvalue weighted by Gasteiger charge is -2.53. The Morgan fingerprint density at radius 1 is 1.16 bits per heavy atom. The predicted octanol–water partition coefficient (Wildman–Crippen LogP) is 4.28. The maximum Gasteiger partial charge on any atom is 0.0192 e. The minimum atomic E-state index is 0.446. The molecule has 0 bridgehead atoms. The lowest BCUT2D eigenvalue weighted by atomic mass is 9.55. The second-order valence-electron chi connectivity index (χ2n) is 6.50. The van der Waals surface area contributed by atoms with Crippen LogP contribution in [0, 0.1) is 5.92 Å². The van der Waals surface area contributed by atoms with Crippen molar-refractivity contribution in [3.63, 3.8) is 0 Å². The van der Waals surface area contributed by atoms with E-state index in [0.717, 1.165) is 12.0 Å². The van der Waals surface area contributed by atoms with Gasteiger partial charge in [0.15, 0.2) is 0 Å². The summed E-state index contributed by atoms with van der Waals surface area (Å²) in [5.41, 5.74) is 2.03. The Labute approximate surface area is 117 Å². The van der Waals surface area contributed by atoms with E-state index in [4.69, 9.17) is 0 Å². The first-order valence-electron chi connectivity index (χ1n) is 8.16. The van der Waals surface area contributed by atoms with E-state index in [2.05, 4.69) is 42.6 Å². The molecule has 3 rings (SSSR count). The number of rotatable bonds is 6. The third-order valence-corrected chi connectivity index (χ3v) is 5.43. The SMILES string of the molecule is CCCNC(C1CCC1)C1(c2ccccc2)CCC1. The first-order valence-corrected chi connectivity index (χ1v) is 8.16. The lowest BCUT2D eigenvalue weighted by Crippen LogP contribution is -2.57. The van der Waals surface area contributed by atoms with E-state index >= 15 is 0 Å². The molecule has 0 radical (unpaired) electrons. The van der Waals surface area contributed by atoms with Gasteiger partial charge in [0.2, 0.25) is 0 Å². The quantitative estimate of drug-likeness (QED) is 0.802. The molecule has 2 fully saturated rings. The van der Waals surface area contributed by atoms with Gasteiger partial charge in [0.25, 0.3) is 0 Å². The lowest BCUT2D eigenvalue weighted by molar-refractivity contribution is 0.0868. The Morgan fingerprint density at radius 3 is 2.37 bits per heavy atom. The Balaban J connectivity index is 1.85. The summed E-state index contributed by atoms with van der Waals surface area (Å²) in [6, 6.07) is 12.0. The molecule has 0 saturated heterocycles. The number of benzene rings is 1. The summed E-state index contributed by atoms with van der Waals surface area (Å²) in [7, 11) is 0. The highest BCUT2D eigenvalue weighted by molar-refractivity contribution is 5.31. The fourth-order valence-corrected chi connectivity index (χ4v) is 3.99. The third kappa shape index (κ3) is 2.33. The summed E-state index contributed by atoms with van der Waals surface area (Å²) in [6.07, 6.45) is 9.75. The Bertz CT molecular complexity index is 389. The largest absolute Gasteiger partial charge is 0.313 e. The van der Waals surface area contributed by atoms with Gasteiger partial charge < -0.3 is 5.32 Å². The molecule has 1 atom stereocenters. The highest BCUT2D eigenvalue weighted by Crippen LogP contribution is 2.51. The molecule has 19 heavy (non-hydrogen) atoms. The van der Waals surface area contributed by atoms with Crippen molar-refractivity contribution in [1.29, 1.82) is 0 Å². The van der Waals surface area contributed by atoms with E-state index in [0.29, 0.717) is 5.41 Å². The van der Waals surface area contributed by atoms with Gasteiger partial charge in [-0.15, -0.1) is 0 Å². The highest BCUT2D eigenvalue weighted by Gasteiger charge is 2.48. The normalized spacial score (nSPS) is 23.4. The van der Waals surface area contributed by atoms with Gasteiger partial charge >= 0.3 is 0 Å². The Kier molecular flexibility index (Phi) is 3.93. The van der Waals surface area contributed by atoms with Gasteiger partial charge in [0, 0.05) is 11.5 Å².